The van der Waals surface area contributed by atoms with Crippen LogP contribution in [0.1, 0.15) is 74.1 Å². The molecule has 0 amide bonds. The average molecular weight is 418 g/mol. The molecule has 1 rings (SSSR count). The number of hydrogen-bond acceptors (Lipinski definition) is 1. The van der Waals surface area contributed by atoms with Crippen molar-refractivity contribution in [3.8, 4) is 0 Å². The van der Waals surface area contributed by atoms with Gasteiger partial charge in [0.05, 0.1) is 5.70 Å². The Balaban J connectivity index is 3.44. The number of hydrogen-bond donors (Lipinski definition) is 0. The zero-order valence-corrected chi connectivity index (χ0v) is 21.0. The topological polar surface area (TPSA) is 3.24 Å². The second-order valence-corrected chi connectivity index (χ2v) is 8.74. The van der Waals surface area contributed by atoms with E-state index in [9.17, 15) is 0 Å². The standard InChI is InChI=1S/C30H43N/c1-10-13-15-19-28-29(24(6)12-3)21-27(9)31(30(28)20-14-11-2)22-26(8)25(7)18-16-17-23(4)5/h14,16-20,24,26H,2,4,10,12-13,15,22H2,1,3,5-9H3. The van der Waals surface area contributed by atoms with Gasteiger partial charge in [0.15, 0.2) is 0 Å². The molecule has 1 nitrogen and oxygen atoms in total. The normalized spacial score (nSPS) is 19.3. The van der Waals surface area contributed by atoms with Crippen molar-refractivity contribution in [2.75, 3.05) is 6.54 Å². The van der Waals surface area contributed by atoms with Crippen LogP contribution in [0.25, 0.3) is 0 Å². The molecule has 0 saturated carbocycles. The van der Waals surface area contributed by atoms with Gasteiger partial charge in [0.1, 0.15) is 0 Å². The summed E-state index contributed by atoms with van der Waals surface area (Å²) in [5, 5.41) is 0. The third-order valence-corrected chi connectivity index (χ3v) is 5.92. The molecule has 1 heterocycles. The Morgan fingerprint density at radius 3 is 2.52 bits per heavy atom. The van der Waals surface area contributed by atoms with Crippen molar-refractivity contribution in [2.45, 2.75) is 74.1 Å². The molecule has 0 saturated heterocycles. The summed E-state index contributed by atoms with van der Waals surface area (Å²) in [5.41, 5.74) is 14.2. The Labute approximate surface area is 192 Å². The molecular weight excluding hydrogens is 374 g/mol. The highest BCUT2D eigenvalue weighted by molar-refractivity contribution is 5.52. The van der Waals surface area contributed by atoms with Crippen LogP contribution in [0, 0.1) is 11.8 Å². The molecule has 1 aliphatic heterocycles. The monoisotopic (exact) mass is 417 g/mol. The van der Waals surface area contributed by atoms with Crippen molar-refractivity contribution in [3.05, 3.63) is 94.8 Å². The third-order valence-electron chi connectivity index (χ3n) is 5.92. The van der Waals surface area contributed by atoms with Gasteiger partial charge in [-0.25, -0.2) is 0 Å². The summed E-state index contributed by atoms with van der Waals surface area (Å²) in [6.07, 6.45) is 17.5. The Kier molecular flexibility index (Phi) is 11.8. The van der Waals surface area contributed by atoms with E-state index in [1.807, 2.05) is 13.0 Å². The first-order valence-electron chi connectivity index (χ1n) is 11.8. The Morgan fingerprint density at radius 2 is 1.94 bits per heavy atom. The van der Waals surface area contributed by atoms with E-state index in [2.05, 4.69) is 101 Å². The number of unbranched alkanes of at least 4 members (excludes halogenated alkanes) is 2. The SMILES string of the molecule is C=C=CC=C1C(=CCCCC)C(C(C)CC)=C=C(C)N1CC(C)C(C)=CC=CC(=C)C. The zero-order valence-electron chi connectivity index (χ0n) is 21.0. The molecule has 2 unspecified atom stereocenters. The molecule has 0 radical (unpaired) electrons. The lowest BCUT2D eigenvalue weighted by atomic mass is 9.86. The van der Waals surface area contributed by atoms with Crippen LogP contribution in [-0.2, 0) is 0 Å². The van der Waals surface area contributed by atoms with Crippen molar-refractivity contribution in [3.63, 3.8) is 0 Å². The van der Waals surface area contributed by atoms with Gasteiger partial charge in [-0.3, -0.25) is 0 Å². The first-order chi connectivity index (χ1) is 14.8. The maximum absolute atomic E-state index is 3.94. The van der Waals surface area contributed by atoms with Gasteiger partial charge >= 0.3 is 0 Å². The molecule has 31 heavy (non-hydrogen) atoms. The van der Waals surface area contributed by atoms with Gasteiger partial charge in [-0.1, -0.05) is 94.9 Å². The Morgan fingerprint density at radius 1 is 1.23 bits per heavy atom. The van der Waals surface area contributed by atoms with E-state index in [1.54, 1.807) is 0 Å². The van der Waals surface area contributed by atoms with E-state index in [4.69, 9.17) is 0 Å². The average Bonchev–Trinajstić information content (AvgIpc) is 2.73. The van der Waals surface area contributed by atoms with Crippen LogP contribution >= 0.6 is 0 Å². The van der Waals surface area contributed by atoms with Crippen molar-refractivity contribution < 1.29 is 0 Å². The fourth-order valence-corrected chi connectivity index (χ4v) is 3.55. The van der Waals surface area contributed by atoms with Crippen LogP contribution in [-0.4, -0.2) is 11.4 Å². The van der Waals surface area contributed by atoms with Crippen LogP contribution in [0.3, 0.4) is 0 Å². The largest absolute Gasteiger partial charge is 0.338 e. The van der Waals surface area contributed by atoms with E-state index >= 15 is 0 Å². The summed E-state index contributed by atoms with van der Waals surface area (Å²) in [6.45, 7) is 24.2. The first-order valence-corrected chi connectivity index (χ1v) is 11.8. The van der Waals surface area contributed by atoms with Crippen LogP contribution in [0.5, 0.6) is 0 Å². The van der Waals surface area contributed by atoms with E-state index in [-0.39, 0.29) is 0 Å². The predicted molar refractivity (Wildman–Crippen MR) is 139 cm³/mol. The van der Waals surface area contributed by atoms with Gasteiger partial charge in [-0.05, 0) is 57.6 Å². The number of allylic oxidation sites excluding steroid dienone is 8. The second-order valence-electron chi connectivity index (χ2n) is 8.74. The van der Waals surface area contributed by atoms with Gasteiger partial charge in [0, 0.05) is 23.4 Å². The molecular formula is C30H43N. The van der Waals surface area contributed by atoms with Crippen molar-refractivity contribution in [1.29, 1.82) is 0 Å². The summed E-state index contributed by atoms with van der Waals surface area (Å²) >= 11 is 0. The summed E-state index contributed by atoms with van der Waals surface area (Å²) in [6, 6.07) is 0. The maximum Gasteiger partial charge on any atom is 0.0580 e. The van der Waals surface area contributed by atoms with Gasteiger partial charge in [-0.2, -0.15) is 0 Å². The number of nitrogens with zero attached hydrogens (tertiary/aromatic N) is 1. The molecule has 0 aromatic rings. The minimum Gasteiger partial charge on any atom is -0.338 e. The molecule has 0 spiro atoms. The molecule has 2 atom stereocenters. The molecule has 0 N–H and O–H groups in total. The molecule has 0 fully saturated rings. The molecule has 0 aromatic heterocycles. The van der Waals surface area contributed by atoms with Gasteiger partial charge < -0.3 is 4.90 Å². The summed E-state index contributed by atoms with van der Waals surface area (Å²) < 4.78 is 0. The molecule has 0 aliphatic carbocycles. The predicted octanol–water partition coefficient (Wildman–Crippen LogP) is 8.83. The number of rotatable bonds is 11. The molecule has 1 aliphatic rings. The summed E-state index contributed by atoms with van der Waals surface area (Å²) in [5.74, 6) is 0.886. The first kappa shape index (κ1) is 26.6. The van der Waals surface area contributed by atoms with Gasteiger partial charge in [0.2, 0.25) is 0 Å². The summed E-state index contributed by atoms with van der Waals surface area (Å²) in [4.78, 5) is 2.42. The molecule has 0 bridgehead atoms. The zero-order chi connectivity index (χ0) is 23.4. The van der Waals surface area contributed by atoms with E-state index in [1.165, 1.54) is 41.0 Å². The van der Waals surface area contributed by atoms with Crippen LogP contribution < -0.4 is 0 Å². The quantitative estimate of drug-likeness (QED) is 0.184. The highest BCUT2D eigenvalue weighted by Gasteiger charge is 2.26. The Hall–Kier alpha value is -2.46. The van der Waals surface area contributed by atoms with Crippen molar-refractivity contribution in [2.24, 2.45) is 11.8 Å². The minimum absolute atomic E-state index is 0.407. The van der Waals surface area contributed by atoms with Crippen LogP contribution in [0.2, 0.25) is 0 Å². The van der Waals surface area contributed by atoms with Crippen LogP contribution in [0.15, 0.2) is 94.8 Å². The van der Waals surface area contributed by atoms with Gasteiger partial charge in [0.25, 0.3) is 0 Å². The fourth-order valence-electron chi connectivity index (χ4n) is 3.55. The lowest BCUT2D eigenvalue weighted by Crippen LogP contribution is -2.30. The van der Waals surface area contributed by atoms with Crippen LogP contribution in [0.4, 0.5) is 0 Å². The van der Waals surface area contributed by atoms with E-state index in [0.717, 1.165) is 25.0 Å². The lowest BCUT2D eigenvalue weighted by Gasteiger charge is -2.36. The molecule has 1 heteroatoms. The third kappa shape index (κ3) is 8.29. The smallest absolute Gasteiger partial charge is 0.0580 e. The molecule has 168 valence electrons. The maximum atomic E-state index is 3.94. The fraction of sp³-hybridized carbons (Fsp3) is 0.467. The Bertz CT molecular complexity index is 858. The minimum atomic E-state index is 0.407. The highest BCUT2D eigenvalue weighted by Crippen LogP contribution is 2.36. The van der Waals surface area contributed by atoms with Crippen molar-refractivity contribution >= 4 is 0 Å². The molecule has 0 aromatic carbocycles. The van der Waals surface area contributed by atoms with E-state index in [0.29, 0.717) is 11.8 Å². The highest BCUT2D eigenvalue weighted by atomic mass is 15.2. The van der Waals surface area contributed by atoms with Gasteiger partial charge in [-0.15, -0.1) is 5.73 Å². The van der Waals surface area contributed by atoms with Crippen molar-refractivity contribution in [1.82, 2.24) is 4.90 Å². The van der Waals surface area contributed by atoms with E-state index < -0.39 is 0 Å². The second kappa shape index (κ2) is 13.8. The summed E-state index contributed by atoms with van der Waals surface area (Å²) in [7, 11) is 0. The lowest BCUT2D eigenvalue weighted by molar-refractivity contribution is 0.380.